The highest BCUT2D eigenvalue weighted by Gasteiger charge is 2.13. The van der Waals surface area contributed by atoms with Crippen molar-refractivity contribution in [3.05, 3.63) is 71.0 Å². The highest BCUT2D eigenvalue weighted by molar-refractivity contribution is 5.36. The number of halogens is 1. The van der Waals surface area contributed by atoms with Crippen molar-refractivity contribution >= 4 is 0 Å². The van der Waals surface area contributed by atoms with E-state index < -0.39 is 11.9 Å². The Morgan fingerprint density at radius 1 is 1.06 bits per heavy atom. The number of hydrogen-bond acceptors (Lipinski definition) is 2. The molecule has 0 aromatic heterocycles. The molecule has 2 aromatic carbocycles. The molecule has 84 valence electrons. The quantitative estimate of drug-likeness (QED) is 0.857. The lowest BCUT2D eigenvalue weighted by atomic mass is 10.0. The molecule has 0 amide bonds. The SMILES string of the molecule is N#Cc1ccc(C(O)c2ccccc2F)cc1. The molecule has 2 rings (SSSR count). The molecule has 0 heterocycles. The fraction of sp³-hybridized carbons (Fsp3) is 0.0714. The summed E-state index contributed by atoms with van der Waals surface area (Å²) in [6, 6.07) is 14.5. The van der Waals surface area contributed by atoms with E-state index in [2.05, 4.69) is 0 Å². The molecule has 0 spiro atoms. The zero-order chi connectivity index (χ0) is 12.3. The Labute approximate surface area is 98.6 Å². The lowest BCUT2D eigenvalue weighted by Crippen LogP contribution is -2.02. The van der Waals surface area contributed by atoms with Crippen LogP contribution in [0.5, 0.6) is 0 Å². The van der Waals surface area contributed by atoms with Gasteiger partial charge in [0.05, 0.1) is 11.6 Å². The Morgan fingerprint density at radius 3 is 2.29 bits per heavy atom. The van der Waals surface area contributed by atoms with Gasteiger partial charge in [0, 0.05) is 5.56 Å². The van der Waals surface area contributed by atoms with Crippen molar-refractivity contribution in [3.8, 4) is 6.07 Å². The lowest BCUT2D eigenvalue weighted by Gasteiger charge is -2.12. The van der Waals surface area contributed by atoms with Crippen molar-refractivity contribution in [2.75, 3.05) is 0 Å². The normalized spacial score (nSPS) is 11.8. The Hall–Kier alpha value is -2.18. The summed E-state index contributed by atoms with van der Waals surface area (Å²) in [6.45, 7) is 0. The summed E-state index contributed by atoms with van der Waals surface area (Å²) >= 11 is 0. The van der Waals surface area contributed by atoms with Gasteiger partial charge in [0.2, 0.25) is 0 Å². The molecule has 1 atom stereocenters. The summed E-state index contributed by atoms with van der Waals surface area (Å²) in [5, 5.41) is 18.7. The predicted molar refractivity (Wildman–Crippen MR) is 61.6 cm³/mol. The molecule has 0 aliphatic heterocycles. The van der Waals surface area contributed by atoms with E-state index in [4.69, 9.17) is 5.26 Å². The maximum absolute atomic E-state index is 13.5. The van der Waals surface area contributed by atoms with Gasteiger partial charge < -0.3 is 5.11 Å². The Bertz CT molecular complexity index is 557. The third-order valence-electron chi connectivity index (χ3n) is 2.56. The smallest absolute Gasteiger partial charge is 0.129 e. The molecule has 0 saturated carbocycles. The van der Waals surface area contributed by atoms with Crippen LogP contribution in [0.2, 0.25) is 0 Å². The Balaban J connectivity index is 2.34. The van der Waals surface area contributed by atoms with Crippen LogP contribution in [0.25, 0.3) is 0 Å². The van der Waals surface area contributed by atoms with E-state index in [0.717, 1.165) is 0 Å². The first kappa shape index (κ1) is 11.3. The second kappa shape index (κ2) is 4.77. The molecule has 2 nitrogen and oxygen atoms in total. The molecule has 1 N–H and O–H groups in total. The van der Waals surface area contributed by atoms with Gasteiger partial charge in [-0.05, 0) is 23.8 Å². The number of aliphatic hydroxyl groups excluding tert-OH is 1. The number of aliphatic hydroxyl groups is 1. The minimum atomic E-state index is -1.01. The number of rotatable bonds is 2. The lowest BCUT2D eigenvalue weighted by molar-refractivity contribution is 0.215. The van der Waals surface area contributed by atoms with E-state index in [9.17, 15) is 9.50 Å². The summed E-state index contributed by atoms with van der Waals surface area (Å²) in [5.74, 6) is -0.440. The standard InChI is InChI=1S/C14H10FNO/c15-13-4-2-1-3-12(13)14(17)11-7-5-10(9-16)6-8-11/h1-8,14,17H. The van der Waals surface area contributed by atoms with Crippen molar-refractivity contribution in [2.24, 2.45) is 0 Å². The Kier molecular flexibility index (Phi) is 3.17. The van der Waals surface area contributed by atoms with E-state index in [1.807, 2.05) is 6.07 Å². The first-order valence-electron chi connectivity index (χ1n) is 5.15. The Morgan fingerprint density at radius 2 is 1.71 bits per heavy atom. The van der Waals surface area contributed by atoms with Crippen LogP contribution >= 0.6 is 0 Å². The zero-order valence-electron chi connectivity index (χ0n) is 8.97. The van der Waals surface area contributed by atoms with Gasteiger partial charge in [0.1, 0.15) is 11.9 Å². The summed E-state index contributed by atoms with van der Waals surface area (Å²) in [6.07, 6.45) is -1.01. The third-order valence-corrected chi connectivity index (χ3v) is 2.56. The number of nitrogens with zero attached hydrogens (tertiary/aromatic N) is 1. The van der Waals surface area contributed by atoms with Crippen LogP contribution in [0.1, 0.15) is 22.8 Å². The predicted octanol–water partition coefficient (Wildman–Crippen LogP) is 2.78. The summed E-state index contributed by atoms with van der Waals surface area (Å²) in [5.41, 5.74) is 1.31. The van der Waals surface area contributed by atoms with Crippen molar-refractivity contribution in [3.63, 3.8) is 0 Å². The summed E-state index contributed by atoms with van der Waals surface area (Å²) < 4.78 is 13.5. The molecule has 2 aromatic rings. The second-order valence-corrected chi connectivity index (χ2v) is 3.66. The zero-order valence-corrected chi connectivity index (χ0v) is 8.97. The van der Waals surface area contributed by atoms with Gasteiger partial charge >= 0.3 is 0 Å². The number of nitriles is 1. The van der Waals surface area contributed by atoms with Crippen LogP contribution in [0.15, 0.2) is 48.5 Å². The highest BCUT2D eigenvalue weighted by Crippen LogP contribution is 2.24. The van der Waals surface area contributed by atoms with E-state index in [-0.39, 0.29) is 5.56 Å². The first-order chi connectivity index (χ1) is 8.22. The van der Waals surface area contributed by atoms with E-state index in [1.165, 1.54) is 12.1 Å². The van der Waals surface area contributed by atoms with Crippen LogP contribution in [0.4, 0.5) is 4.39 Å². The number of hydrogen-bond donors (Lipinski definition) is 1. The fourth-order valence-corrected chi connectivity index (χ4v) is 1.62. The van der Waals surface area contributed by atoms with E-state index in [0.29, 0.717) is 11.1 Å². The maximum atomic E-state index is 13.5. The molecule has 3 heteroatoms. The molecular weight excluding hydrogens is 217 g/mol. The molecular formula is C14H10FNO. The van der Waals surface area contributed by atoms with Crippen molar-refractivity contribution in [1.29, 1.82) is 5.26 Å². The largest absolute Gasteiger partial charge is 0.384 e. The average molecular weight is 227 g/mol. The molecule has 1 unspecified atom stereocenters. The van der Waals surface area contributed by atoms with Crippen LogP contribution in [-0.4, -0.2) is 5.11 Å². The molecule has 0 fully saturated rings. The third kappa shape index (κ3) is 2.32. The van der Waals surface area contributed by atoms with Gasteiger partial charge in [-0.3, -0.25) is 0 Å². The second-order valence-electron chi connectivity index (χ2n) is 3.66. The molecule has 0 bridgehead atoms. The van der Waals surface area contributed by atoms with Crippen molar-refractivity contribution in [1.82, 2.24) is 0 Å². The van der Waals surface area contributed by atoms with E-state index >= 15 is 0 Å². The number of benzene rings is 2. The molecule has 0 radical (unpaired) electrons. The molecule has 17 heavy (non-hydrogen) atoms. The minimum absolute atomic E-state index is 0.234. The molecule has 0 aliphatic rings. The maximum Gasteiger partial charge on any atom is 0.129 e. The van der Waals surface area contributed by atoms with Crippen LogP contribution in [0.3, 0.4) is 0 Å². The topological polar surface area (TPSA) is 44.0 Å². The van der Waals surface area contributed by atoms with Crippen molar-refractivity contribution < 1.29 is 9.50 Å². The summed E-state index contributed by atoms with van der Waals surface area (Å²) in [7, 11) is 0. The summed E-state index contributed by atoms with van der Waals surface area (Å²) in [4.78, 5) is 0. The van der Waals surface area contributed by atoms with Crippen LogP contribution < -0.4 is 0 Å². The molecule has 0 saturated heterocycles. The minimum Gasteiger partial charge on any atom is -0.384 e. The van der Waals surface area contributed by atoms with Gasteiger partial charge in [-0.15, -0.1) is 0 Å². The van der Waals surface area contributed by atoms with Gasteiger partial charge in [0.25, 0.3) is 0 Å². The monoisotopic (exact) mass is 227 g/mol. The molecule has 0 aliphatic carbocycles. The van der Waals surface area contributed by atoms with Gasteiger partial charge in [-0.1, -0.05) is 30.3 Å². The van der Waals surface area contributed by atoms with Gasteiger partial charge in [0.15, 0.2) is 0 Å². The van der Waals surface area contributed by atoms with Crippen LogP contribution in [0, 0.1) is 17.1 Å². The van der Waals surface area contributed by atoms with Crippen LogP contribution in [-0.2, 0) is 0 Å². The van der Waals surface area contributed by atoms with Gasteiger partial charge in [-0.25, -0.2) is 4.39 Å². The van der Waals surface area contributed by atoms with Crippen molar-refractivity contribution in [2.45, 2.75) is 6.10 Å². The highest BCUT2D eigenvalue weighted by atomic mass is 19.1. The fourth-order valence-electron chi connectivity index (χ4n) is 1.62. The first-order valence-corrected chi connectivity index (χ1v) is 5.15. The van der Waals surface area contributed by atoms with E-state index in [1.54, 1.807) is 36.4 Å². The van der Waals surface area contributed by atoms with Gasteiger partial charge in [-0.2, -0.15) is 5.26 Å². The average Bonchev–Trinajstić information content (AvgIpc) is 2.39.